The Bertz CT molecular complexity index is 928. The monoisotopic (exact) mass is 399 g/mol. The summed E-state index contributed by atoms with van der Waals surface area (Å²) in [6.45, 7) is 2.21. The van der Waals surface area contributed by atoms with Gasteiger partial charge in [0, 0.05) is 11.1 Å². The molecule has 152 valence electrons. The van der Waals surface area contributed by atoms with Gasteiger partial charge in [0.25, 0.3) is 11.8 Å². The van der Waals surface area contributed by atoms with E-state index in [1.807, 2.05) is 6.92 Å². The average Bonchev–Trinajstić information content (AvgIpc) is 3.21. The molecule has 9 heteroatoms. The predicted octanol–water partition coefficient (Wildman–Crippen LogP) is 1.70. The van der Waals surface area contributed by atoms with Crippen molar-refractivity contribution in [3.05, 3.63) is 47.5 Å². The summed E-state index contributed by atoms with van der Waals surface area (Å²) < 4.78 is 21.3. The maximum atomic E-state index is 12.2. The van der Waals surface area contributed by atoms with Crippen LogP contribution in [0.5, 0.6) is 23.0 Å². The lowest BCUT2D eigenvalue weighted by molar-refractivity contribution is -0.120. The first-order valence-corrected chi connectivity index (χ1v) is 8.92. The molecule has 2 N–H and O–H groups in total. The van der Waals surface area contributed by atoms with Crippen molar-refractivity contribution in [2.24, 2.45) is 5.10 Å². The van der Waals surface area contributed by atoms with Crippen molar-refractivity contribution < 1.29 is 28.5 Å². The molecule has 9 nitrogen and oxygen atoms in total. The molecule has 0 saturated carbocycles. The standard InChI is InChI=1S/C20H21N3O6/c1-3-27-19-14(5-4-6-16(19)26-2)10-22-23-18(24)11-21-20(25)13-7-8-15-17(9-13)29-12-28-15/h4-10H,3,11-12H2,1-2H3,(H,21,25)(H,23,24)/b22-10-. The molecule has 0 aliphatic carbocycles. The van der Waals surface area contributed by atoms with Crippen LogP contribution >= 0.6 is 0 Å². The Kier molecular flexibility index (Phi) is 6.51. The number of nitrogens with zero attached hydrogens (tertiary/aromatic N) is 1. The van der Waals surface area contributed by atoms with Crippen molar-refractivity contribution in [2.75, 3.05) is 27.1 Å². The maximum Gasteiger partial charge on any atom is 0.259 e. The molecule has 1 heterocycles. The normalized spacial score (nSPS) is 11.9. The number of para-hydroxylation sites is 1. The highest BCUT2D eigenvalue weighted by Crippen LogP contribution is 2.32. The third-order valence-electron chi connectivity index (χ3n) is 3.96. The van der Waals surface area contributed by atoms with Crippen molar-refractivity contribution in [1.82, 2.24) is 10.7 Å². The first kappa shape index (κ1) is 20.0. The molecular formula is C20H21N3O6. The number of benzene rings is 2. The van der Waals surface area contributed by atoms with Gasteiger partial charge in [-0.25, -0.2) is 5.43 Å². The van der Waals surface area contributed by atoms with Gasteiger partial charge in [0.1, 0.15) is 0 Å². The minimum absolute atomic E-state index is 0.124. The van der Waals surface area contributed by atoms with Crippen LogP contribution in [0, 0.1) is 0 Å². The summed E-state index contributed by atoms with van der Waals surface area (Å²) in [7, 11) is 1.55. The van der Waals surface area contributed by atoms with Crippen molar-refractivity contribution in [2.45, 2.75) is 6.92 Å². The molecule has 0 radical (unpaired) electrons. The fraction of sp³-hybridized carbons (Fsp3) is 0.250. The van der Waals surface area contributed by atoms with Gasteiger partial charge in [-0.1, -0.05) is 6.07 Å². The molecule has 0 bridgehead atoms. The van der Waals surface area contributed by atoms with E-state index in [1.165, 1.54) is 6.21 Å². The van der Waals surface area contributed by atoms with Crippen molar-refractivity contribution in [1.29, 1.82) is 0 Å². The second-order valence-corrected chi connectivity index (χ2v) is 5.86. The topological polar surface area (TPSA) is 107 Å². The SMILES string of the molecule is CCOc1c(/C=N\NC(=O)CNC(=O)c2ccc3c(c2)OCO3)cccc1OC. The molecule has 2 aromatic carbocycles. The number of methoxy groups -OCH3 is 1. The van der Waals surface area contributed by atoms with Crippen LogP contribution in [0.2, 0.25) is 0 Å². The molecule has 29 heavy (non-hydrogen) atoms. The smallest absolute Gasteiger partial charge is 0.259 e. The summed E-state index contributed by atoms with van der Waals surface area (Å²) in [4.78, 5) is 24.1. The summed E-state index contributed by atoms with van der Waals surface area (Å²) in [6, 6.07) is 10.1. The fourth-order valence-electron chi connectivity index (χ4n) is 2.61. The van der Waals surface area contributed by atoms with Gasteiger partial charge < -0.3 is 24.3 Å². The van der Waals surface area contributed by atoms with E-state index < -0.39 is 11.8 Å². The molecule has 0 aromatic heterocycles. The predicted molar refractivity (Wildman–Crippen MR) is 105 cm³/mol. The van der Waals surface area contributed by atoms with Gasteiger partial charge in [-0.3, -0.25) is 9.59 Å². The third-order valence-corrected chi connectivity index (χ3v) is 3.96. The highest BCUT2D eigenvalue weighted by molar-refractivity contribution is 5.97. The Hall–Kier alpha value is -3.75. The summed E-state index contributed by atoms with van der Waals surface area (Å²) in [5, 5.41) is 6.43. The van der Waals surface area contributed by atoms with E-state index in [9.17, 15) is 9.59 Å². The fourth-order valence-corrected chi connectivity index (χ4v) is 2.61. The van der Waals surface area contributed by atoms with E-state index in [0.29, 0.717) is 40.7 Å². The third kappa shape index (κ3) is 4.95. The molecule has 0 atom stereocenters. The van der Waals surface area contributed by atoms with Crippen molar-refractivity contribution >= 4 is 18.0 Å². The number of hydrogen-bond donors (Lipinski definition) is 2. The van der Waals surface area contributed by atoms with Gasteiger partial charge in [-0.05, 0) is 37.3 Å². The zero-order valence-electron chi connectivity index (χ0n) is 16.1. The van der Waals surface area contributed by atoms with E-state index in [1.54, 1.807) is 43.5 Å². The van der Waals surface area contributed by atoms with Gasteiger partial charge in [-0.2, -0.15) is 5.10 Å². The van der Waals surface area contributed by atoms with Crippen LogP contribution in [0.25, 0.3) is 0 Å². The molecular weight excluding hydrogens is 378 g/mol. The molecule has 0 fully saturated rings. The molecule has 1 aliphatic rings. The lowest BCUT2D eigenvalue weighted by Crippen LogP contribution is -2.34. The van der Waals surface area contributed by atoms with Crippen molar-refractivity contribution in [3.63, 3.8) is 0 Å². The minimum atomic E-state index is -0.476. The van der Waals surface area contributed by atoms with Gasteiger partial charge in [0.05, 0.1) is 26.5 Å². The van der Waals surface area contributed by atoms with E-state index in [4.69, 9.17) is 18.9 Å². The minimum Gasteiger partial charge on any atom is -0.493 e. The van der Waals surface area contributed by atoms with Gasteiger partial charge in [0.2, 0.25) is 6.79 Å². The van der Waals surface area contributed by atoms with Crippen molar-refractivity contribution in [3.8, 4) is 23.0 Å². The molecule has 0 spiro atoms. The average molecular weight is 399 g/mol. The number of carbonyl (C=O) groups is 2. The number of carbonyl (C=O) groups excluding carboxylic acids is 2. The zero-order valence-corrected chi connectivity index (χ0v) is 16.1. The van der Waals surface area contributed by atoms with Crippen LogP contribution in [0.4, 0.5) is 0 Å². The molecule has 3 rings (SSSR count). The second kappa shape index (κ2) is 9.45. The summed E-state index contributed by atoms with van der Waals surface area (Å²) in [5.41, 5.74) is 3.37. The molecule has 2 amide bonds. The Balaban J connectivity index is 1.53. The molecule has 2 aromatic rings. The summed E-state index contributed by atoms with van der Waals surface area (Å²) in [5.74, 6) is 1.29. The van der Waals surface area contributed by atoms with E-state index in [-0.39, 0.29) is 13.3 Å². The Morgan fingerprint density at radius 2 is 2.03 bits per heavy atom. The van der Waals surface area contributed by atoms with Gasteiger partial charge in [-0.15, -0.1) is 0 Å². The van der Waals surface area contributed by atoms with Crippen LogP contribution in [0.1, 0.15) is 22.8 Å². The number of nitrogens with one attached hydrogen (secondary N) is 2. The van der Waals surface area contributed by atoms with E-state index in [2.05, 4.69) is 15.8 Å². The number of fused-ring (bicyclic) bond motifs is 1. The number of ether oxygens (including phenoxy) is 4. The van der Waals surface area contributed by atoms with Crippen LogP contribution in [0.15, 0.2) is 41.5 Å². The summed E-state index contributed by atoms with van der Waals surface area (Å²) >= 11 is 0. The number of amides is 2. The highest BCUT2D eigenvalue weighted by atomic mass is 16.7. The van der Waals surface area contributed by atoms with E-state index in [0.717, 1.165) is 0 Å². The lowest BCUT2D eigenvalue weighted by Gasteiger charge is -2.11. The number of hydrazone groups is 1. The van der Waals surface area contributed by atoms with Crippen LogP contribution < -0.4 is 29.7 Å². The first-order valence-electron chi connectivity index (χ1n) is 8.92. The van der Waals surface area contributed by atoms with E-state index >= 15 is 0 Å². The Morgan fingerprint density at radius 3 is 2.83 bits per heavy atom. The number of hydrogen-bond acceptors (Lipinski definition) is 7. The second-order valence-electron chi connectivity index (χ2n) is 5.86. The Morgan fingerprint density at radius 1 is 1.21 bits per heavy atom. The summed E-state index contributed by atoms with van der Waals surface area (Å²) in [6.07, 6.45) is 1.45. The molecule has 0 unspecified atom stereocenters. The number of rotatable bonds is 8. The van der Waals surface area contributed by atoms with Gasteiger partial charge in [0.15, 0.2) is 23.0 Å². The van der Waals surface area contributed by atoms with Crippen LogP contribution in [-0.2, 0) is 4.79 Å². The quantitative estimate of drug-likeness (QED) is 0.517. The zero-order chi connectivity index (χ0) is 20.6. The Labute approximate surface area is 167 Å². The van der Waals surface area contributed by atoms with Gasteiger partial charge >= 0.3 is 0 Å². The first-order chi connectivity index (χ1) is 14.1. The highest BCUT2D eigenvalue weighted by Gasteiger charge is 2.16. The largest absolute Gasteiger partial charge is 0.493 e. The maximum absolute atomic E-state index is 12.2. The lowest BCUT2D eigenvalue weighted by atomic mass is 10.2. The molecule has 1 aliphatic heterocycles. The molecule has 0 saturated heterocycles. The van der Waals surface area contributed by atoms with Crippen LogP contribution in [0.3, 0.4) is 0 Å². The van der Waals surface area contributed by atoms with Crippen LogP contribution in [-0.4, -0.2) is 45.1 Å².